The minimum atomic E-state index is -0.661. The lowest BCUT2D eigenvalue weighted by Gasteiger charge is -2.21. The van der Waals surface area contributed by atoms with E-state index < -0.39 is 17.1 Å². The van der Waals surface area contributed by atoms with Gasteiger partial charge in [0.2, 0.25) is 0 Å². The first-order chi connectivity index (χ1) is 11.3. The molecule has 1 aromatic rings. The van der Waals surface area contributed by atoms with E-state index >= 15 is 0 Å². The first-order valence-corrected chi connectivity index (χ1v) is 8.24. The Hall–Kier alpha value is -2.08. The fourth-order valence-electron chi connectivity index (χ4n) is 3.37. The van der Waals surface area contributed by atoms with Crippen molar-refractivity contribution in [3.8, 4) is 0 Å². The zero-order valence-corrected chi connectivity index (χ0v) is 14.3. The standard InChI is InChI=1S/C18H24N2O4/c1-17(2,3)24-16(22)20-14-13-9-19-11-18(13,14)15(21)23-10-12-7-5-4-6-8-12/h4-8,13-14,19H,9-11H2,1-3H3,(H,20,22)/t13-,14-,18+/m0/s1. The number of amides is 1. The van der Waals surface area contributed by atoms with Gasteiger partial charge < -0.3 is 20.1 Å². The zero-order chi connectivity index (χ0) is 17.4. The highest BCUT2D eigenvalue weighted by molar-refractivity contribution is 5.85. The van der Waals surface area contributed by atoms with Gasteiger partial charge in [0.1, 0.15) is 17.6 Å². The molecule has 24 heavy (non-hydrogen) atoms. The summed E-state index contributed by atoms with van der Waals surface area (Å²) >= 11 is 0. The Morgan fingerprint density at radius 2 is 2.00 bits per heavy atom. The fraction of sp³-hybridized carbons (Fsp3) is 0.556. The molecule has 1 heterocycles. The van der Waals surface area contributed by atoms with Crippen LogP contribution in [0.2, 0.25) is 0 Å². The Morgan fingerprint density at radius 1 is 1.29 bits per heavy atom. The van der Waals surface area contributed by atoms with Crippen LogP contribution in [0.25, 0.3) is 0 Å². The van der Waals surface area contributed by atoms with Crippen molar-refractivity contribution in [2.75, 3.05) is 13.1 Å². The van der Waals surface area contributed by atoms with Crippen LogP contribution in [0.5, 0.6) is 0 Å². The molecule has 0 aromatic heterocycles. The van der Waals surface area contributed by atoms with E-state index in [4.69, 9.17) is 9.47 Å². The first kappa shape index (κ1) is 16.8. The minimum absolute atomic E-state index is 0.0632. The van der Waals surface area contributed by atoms with E-state index in [1.165, 1.54) is 0 Å². The number of ether oxygens (including phenoxy) is 2. The second kappa shape index (κ2) is 6.09. The van der Waals surface area contributed by atoms with Gasteiger partial charge in [-0.2, -0.15) is 0 Å². The molecule has 0 radical (unpaired) electrons. The van der Waals surface area contributed by atoms with Crippen LogP contribution in [0.1, 0.15) is 26.3 Å². The van der Waals surface area contributed by atoms with Crippen molar-refractivity contribution in [1.82, 2.24) is 10.6 Å². The summed E-state index contributed by atoms with van der Waals surface area (Å²) in [6, 6.07) is 9.34. The molecule has 0 unspecified atom stereocenters. The molecule has 2 N–H and O–H groups in total. The summed E-state index contributed by atoms with van der Waals surface area (Å²) < 4.78 is 10.8. The summed E-state index contributed by atoms with van der Waals surface area (Å²) in [5.41, 5.74) is -0.277. The van der Waals surface area contributed by atoms with Gasteiger partial charge >= 0.3 is 12.1 Å². The minimum Gasteiger partial charge on any atom is -0.460 e. The summed E-state index contributed by atoms with van der Waals surface area (Å²) in [5.74, 6) is -0.198. The van der Waals surface area contributed by atoms with E-state index in [-0.39, 0.29) is 24.5 Å². The van der Waals surface area contributed by atoms with E-state index in [2.05, 4.69) is 10.6 Å². The predicted molar refractivity (Wildman–Crippen MR) is 88.2 cm³/mol. The summed E-state index contributed by atoms with van der Waals surface area (Å²) in [5, 5.41) is 6.03. The van der Waals surface area contributed by atoms with Crippen molar-refractivity contribution in [3.05, 3.63) is 35.9 Å². The van der Waals surface area contributed by atoms with Crippen molar-refractivity contribution in [2.24, 2.45) is 11.3 Å². The summed E-state index contributed by atoms with van der Waals surface area (Å²) in [6.45, 7) is 6.89. The van der Waals surface area contributed by atoms with Gasteiger partial charge in [0.05, 0.1) is 6.04 Å². The summed E-state index contributed by atoms with van der Waals surface area (Å²) in [6.07, 6.45) is -0.489. The quantitative estimate of drug-likeness (QED) is 0.823. The topological polar surface area (TPSA) is 76.7 Å². The average molecular weight is 332 g/mol. The van der Waals surface area contributed by atoms with Crippen LogP contribution in [-0.4, -0.2) is 36.8 Å². The molecule has 1 saturated heterocycles. The molecular weight excluding hydrogens is 308 g/mol. The Labute approximate surface area is 141 Å². The molecule has 1 amide bonds. The van der Waals surface area contributed by atoms with Gasteiger partial charge in [-0.15, -0.1) is 0 Å². The molecule has 0 spiro atoms. The molecule has 2 fully saturated rings. The highest BCUT2D eigenvalue weighted by atomic mass is 16.6. The van der Waals surface area contributed by atoms with Gasteiger partial charge in [0.25, 0.3) is 0 Å². The highest BCUT2D eigenvalue weighted by Crippen LogP contribution is 2.56. The second-order valence-electron chi connectivity index (χ2n) is 7.46. The van der Waals surface area contributed by atoms with Gasteiger partial charge in [0, 0.05) is 19.0 Å². The molecule has 1 saturated carbocycles. The highest BCUT2D eigenvalue weighted by Gasteiger charge is 2.73. The normalized spacial score (nSPS) is 28.0. The van der Waals surface area contributed by atoms with Crippen molar-refractivity contribution in [3.63, 3.8) is 0 Å². The average Bonchev–Trinajstić information content (AvgIpc) is 2.91. The van der Waals surface area contributed by atoms with Crippen LogP contribution in [0.4, 0.5) is 4.79 Å². The number of carbonyl (C=O) groups is 2. The summed E-state index contributed by atoms with van der Waals surface area (Å²) in [4.78, 5) is 24.6. The smallest absolute Gasteiger partial charge is 0.407 e. The lowest BCUT2D eigenvalue weighted by atomic mass is 10.1. The first-order valence-electron chi connectivity index (χ1n) is 8.24. The van der Waals surface area contributed by atoms with E-state index in [0.717, 1.165) is 5.56 Å². The van der Waals surface area contributed by atoms with Gasteiger partial charge in [-0.1, -0.05) is 30.3 Å². The zero-order valence-electron chi connectivity index (χ0n) is 14.3. The predicted octanol–water partition coefficient (Wildman–Crippen LogP) is 1.84. The molecule has 1 aliphatic heterocycles. The Kier molecular flexibility index (Phi) is 4.25. The van der Waals surface area contributed by atoms with E-state index in [0.29, 0.717) is 13.1 Å². The molecule has 130 valence electrons. The van der Waals surface area contributed by atoms with Crippen LogP contribution < -0.4 is 10.6 Å². The van der Waals surface area contributed by atoms with Gasteiger partial charge in [-0.25, -0.2) is 4.79 Å². The number of carbonyl (C=O) groups excluding carboxylic acids is 2. The number of alkyl carbamates (subject to hydrolysis) is 1. The van der Waals surface area contributed by atoms with Crippen LogP contribution in [-0.2, 0) is 20.9 Å². The Bertz CT molecular complexity index is 626. The SMILES string of the molecule is CC(C)(C)OC(=O)N[C@H]1[C@@H]2CNC[C@@]21C(=O)OCc1ccccc1. The van der Waals surface area contributed by atoms with Gasteiger partial charge in [-0.05, 0) is 26.3 Å². The largest absolute Gasteiger partial charge is 0.460 e. The molecule has 1 aliphatic carbocycles. The molecule has 2 aliphatic rings. The van der Waals surface area contributed by atoms with E-state index in [1.807, 2.05) is 51.1 Å². The third-order valence-corrected chi connectivity index (χ3v) is 4.56. The van der Waals surface area contributed by atoms with E-state index in [1.54, 1.807) is 0 Å². The van der Waals surface area contributed by atoms with E-state index in [9.17, 15) is 9.59 Å². The summed E-state index contributed by atoms with van der Waals surface area (Å²) in [7, 11) is 0. The van der Waals surface area contributed by atoms with Crippen molar-refractivity contribution in [2.45, 2.75) is 39.0 Å². The van der Waals surface area contributed by atoms with Crippen molar-refractivity contribution < 1.29 is 19.1 Å². The van der Waals surface area contributed by atoms with Crippen LogP contribution in [0, 0.1) is 11.3 Å². The lowest BCUT2D eigenvalue weighted by molar-refractivity contribution is -0.151. The lowest BCUT2D eigenvalue weighted by Crippen LogP contribution is -2.41. The number of hydrogen-bond acceptors (Lipinski definition) is 5. The molecule has 3 atom stereocenters. The number of hydrogen-bond donors (Lipinski definition) is 2. The number of piperidine rings is 1. The maximum Gasteiger partial charge on any atom is 0.407 e. The maximum absolute atomic E-state index is 12.6. The number of esters is 1. The van der Waals surface area contributed by atoms with Crippen molar-refractivity contribution >= 4 is 12.1 Å². The third-order valence-electron chi connectivity index (χ3n) is 4.56. The molecule has 6 nitrogen and oxygen atoms in total. The number of benzene rings is 1. The van der Waals surface area contributed by atoms with Crippen LogP contribution >= 0.6 is 0 Å². The fourth-order valence-corrected chi connectivity index (χ4v) is 3.37. The number of fused-ring (bicyclic) bond motifs is 1. The van der Waals surface area contributed by atoms with Crippen LogP contribution in [0.15, 0.2) is 30.3 Å². The molecule has 6 heteroatoms. The maximum atomic E-state index is 12.6. The second-order valence-corrected chi connectivity index (χ2v) is 7.46. The molecule has 3 rings (SSSR count). The Morgan fingerprint density at radius 3 is 2.67 bits per heavy atom. The molecule has 1 aromatic carbocycles. The molecular formula is C18H24N2O4. The third kappa shape index (κ3) is 3.24. The van der Waals surface area contributed by atoms with Gasteiger partial charge in [-0.3, -0.25) is 4.79 Å². The van der Waals surface area contributed by atoms with Gasteiger partial charge in [0.15, 0.2) is 0 Å². The Balaban J connectivity index is 1.59. The van der Waals surface area contributed by atoms with Crippen molar-refractivity contribution in [1.29, 1.82) is 0 Å². The van der Waals surface area contributed by atoms with Crippen LogP contribution in [0.3, 0.4) is 0 Å². The monoisotopic (exact) mass is 332 g/mol. The molecule has 0 bridgehead atoms. The number of nitrogens with one attached hydrogen (secondary N) is 2. The number of rotatable bonds is 4.